The van der Waals surface area contributed by atoms with Gasteiger partial charge in [0.2, 0.25) is 11.6 Å². The maximum atomic E-state index is 13.1. The SMILES string of the molecule is CCCCn1nc(C(=O)C2CCCCC2)nc1Cc1ccc(-c2cccnc2-c2nnn[nH]2)cc1. The normalized spacial score (nSPS) is 14.3. The van der Waals surface area contributed by atoms with Gasteiger partial charge in [-0.2, -0.15) is 0 Å². The molecule has 180 valence electrons. The Hall–Kier alpha value is -3.75. The Balaban J connectivity index is 1.37. The Morgan fingerprint density at radius 2 is 1.94 bits per heavy atom. The number of tetrazole rings is 1. The fourth-order valence-electron chi connectivity index (χ4n) is 4.71. The molecule has 0 radical (unpaired) electrons. The fraction of sp³-hybridized carbons (Fsp3) is 0.423. The molecule has 0 unspecified atom stereocenters. The number of hydrogen-bond donors (Lipinski definition) is 1. The van der Waals surface area contributed by atoms with E-state index in [2.05, 4.69) is 61.9 Å². The molecule has 0 amide bonds. The number of nitrogens with one attached hydrogen (secondary N) is 1. The second-order valence-electron chi connectivity index (χ2n) is 9.15. The van der Waals surface area contributed by atoms with E-state index in [-0.39, 0.29) is 11.7 Å². The van der Waals surface area contributed by atoms with Gasteiger partial charge >= 0.3 is 0 Å². The quantitative estimate of drug-likeness (QED) is 0.353. The molecule has 0 bridgehead atoms. The number of H-pyrrole nitrogens is 1. The van der Waals surface area contributed by atoms with Crippen LogP contribution >= 0.6 is 0 Å². The van der Waals surface area contributed by atoms with Crippen molar-refractivity contribution >= 4 is 5.78 Å². The van der Waals surface area contributed by atoms with Crippen LogP contribution < -0.4 is 0 Å². The van der Waals surface area contributed by atoms with Gasteiger partial charge in [-0.1, -0.05) is 62.9 Å². The van der Waals surface area contributed by atoms with Crippen molar-refractivity contribution in [1.82, 2.24) is 40.4 Å². The molecule has 3 aromatic heterocycles. The van der Waals surface area contributed by atoms with Crippen molar-refractivity contribution in [2.24, 2.45) is 5.92 Å². The molecule has 0 aliphatic heterocycles. The minimum Gasteiger partial charge on any atom is -0.290 e. The number of unbranched alkanes of at least 4 members (excludes halogenated alkanes) is 1. The summed E-state index contributed by atoms with van der Waals surface area (Å²) >= 11 is 0. The lowest BCUT2D eigenvalue weighted by atomic mass is 9.86. The first-order valence-electron chi connectivity index (χ1n) is 12.5. The van der Waals surface area contributed by atoms with Crippen molar-refractivity contribution in [2.45, 2.75) is 64.8 Å². The van der Waals surface area contributed by atoms with Gasteiger partial charge in [-0.25, -0.2) is 14.8 Å². The van der Waals surface area contributed by atoms with Gasteiger partial charge in [-0.15, -0.1) is 10.2 Å². The number of benzene rings is 1. The highest BCUT2D eigenvalue weighted by atomic mass is 16.1. The van der Waals surface area contributed by atoms with E-state index in [4.69, 9.17) is 4.98 Å². The van der Waals surface area contributed by atoms with Crippen LogP contribution in [0, 0.1) is 5.92 Å². The number of carbonyl (C=O) groups excluding carboxylic acids is 1. The molecule has 0 atom stereocenters. The molecule has 1 aromatic carbocycles. The second kappa shape index (κ2) is 10.7. The number of aryl methyl sites for hydroxylation is 1. The highest BCUT2D eigenvalue weighted by Gasteiger charge is 2.26. The van der Waals surface area contributed by atoms with Gasteiger partial charge in [0, 0.05) is 30.6 Å². The maximum Gasteiger partial charge on any atom is 0.217 e. The molecule has 0 saturated heterocycles. The third-order valence-corrected chi connectivity index (χ3v) is 6.67. The van der Waals surface area contributed by atoms with Crippen LogP contribution in [0.2, 0.25) is 0 Å². The summed E-state index contributed by atoms with van der Waals surface area (Å²) in [5.74, 6) is 1.96. The largest absolute Gasteiger partial charge is 0.290 e. The Kier molecular flexibility index (Phi) is 7.02. The molecule has 1 N–H and O–H groups in total. The maximum absolute atomic E-state index is 13.1. The monoisotopic (exact) mass is 470 g/mol. The zero-order valence-electron chi connectivity index (χ0n) is 20.0. The first-order chi connectivity index (χ1) is 17.2. The summed E-state index contributed by atoms with van der Waals surface area (Å²) in [6.45, 7) is 2.93. The lowest BCUT2D eigenvalue weighted by Gasteiger charge is -2.18. The Morgan fingerprint density at radius 1 is 1.11 bits per heavy atom. The number of aromatic nitrogens is 8. The molecule has 5 rings (SSSR count). The third-order valence-electron chi connectivity index (χ3n) is 6.67. The number of Topliss-reactive ketones (excluding diaryl/α,β-unsaturated/α-hetero) is 1. The molecule has 3 heterocycles. The smallest absolute Gasteiger partial charge is 0.217 e. The van der Waals surface area contributed by atoms with Crippen LogP contribution in [-0.2, 0) is 13.0 Å². The number of rotatable bonds is 9. The Labute approximate surface area is 204 Å². The summed E-state index contributed by atoms with van der Waals surface area (Å²) in [4.78, 5) is 22.2. The number of nitrogens with zero attached hydrogens (tertiary/aromatic N) is 7. The molecule has 35 heavy (non-hydrogen) atoms. The summed E-state index contributed by atoms with van der Waals surface area (Å²) in [5.41, 5.74) is 3.79. The van der Waals surface area contributed by atoms with E-state index in [0.29, 0.717) is 23.8 Å². The third kappa shape index (κ3) is 5.18. The van der Waals surface area contributed by atoms with Crippen molar-refractivity contribution < 1.29 is 4.79 Å². The predicted octanol–water partition coefficient (Wildman–Crippen LogP) is 4.67. The van der Waals surface area contributed by atoms with Crippen LogP contribution in [0.5, 0.6) is 0 Å². The standard InChI is InChI=1S/C26H30N8O/c1-2-3-16-34-22(28-26(31-34)24(35)20-8-5-4-6-9-20)17-18-11-13-19(14-12-18)21-10-7-15-27-23(21)25-29-32-33-30-25/h7,10-15,20H,2-6,8-9,16-17H2,1H3,(H,29,30,32,33). The van der Waals surface area contributed by atoms with Crippen LogP contribution in [0.15, 0.2) is 42.6 Å². The topological polar surface area (TPSA) is 115 Å². The van der Waals surface area contributed by atoms with Crippen molar-refractivity contribution in [2.75, 3.05) is 0 Å². The molecule has 1 saturated carbocycles. The number of pyridine rings is 1. The van der Waals surface area contributed by atoms with E-state index in [1.807, 2.05) is 16.8 Å². The number of carbonyl (C=O) groups is 1. The van der Waals surface area contributed by atoms with Gasteiger partial charge in [0.15, 0.2) is 5.82 Å². The summed E-state index contributed by atoms with van der Waals surface area (Å²) in [6.07, 6.45) is 9.81. The van der Waals surface area contributed by atoms with E-state index in [0.717, 1.165) is 67.6 Å². The molecule has 1 aliphatic carbocycles. The zero-order chi connectivity index (χ0) is 24.0. The fourth-order valence-corrected chi connectivity index (χ4v) is 4.71. The molecular weight excluding hydrogens is 440 g/mol. The van der Waals surface area contributed by atoms with E-state index in [1.165, 1.54) is 6.42 Å². The molecule has 9 nitrogen and oxygen atoms in total. The lowest BCUT2D eigenvalue weighted by molar-refractivity contribution is 0.0878. The molecule has 1 fully saturated rings. The minimum atomic E-state index is 0.0751. The summed E-state index contributed by atoms with van der Waals surface area (Å²) < 4.78 is 1.93. The summed E-state index contributed by atoms with van der Waals surface area (Å²) in [5, 5.41) is 18.8. The second-order valence-corrected chi connectivity index (χ2v) is 9.15. The van der Waals surface area contributed by atoms with Gasteiger partial charge in [0.25, 0.3) is 0 Å². The molecule has 0 spiro atoms. The van der Waals surface area contributed by atoms with Crippen molar-refractivity contribution in [3.05, 3.63) is 59.8 Å². The molecule has 1 aliphatic rings. The first kappa shape index (κ1) is 23.0. The van der Waals surface area contributed by atoms with Crippen molar-refractivity contribution in [3.63, 3.8) is 0 Å². The van der Waals surface area contributed by atoms with Gasteiger partial charge in [-0.05, 0) is 46.9 Å². The van der Waals surface area contributed by atoms with E-state index >= 15 is 0 Å². The van der Waals surface area contributed by atoms with E-state index in [9.17, 15) is 4.79 Å². The Bertz CT molecular complexity index is 1260. The van der Waals surface area contributed by atoms with Crippen molar-refractivity contribution in [1.29, 1.82) is 0 Å². The number of aromatic amines is 1. The minimum absolute atomic E-state index is 0.0751. The van der Waals surface area contributed by atoms with Crippen LogP contribution in [-0.4, -0.2) is 46.2 Å². The highest BCUT2D eigenvalue weighted by Crippen LogP contribution is 2.29. The van der Waals surface area contributed by atoms with Gasteiger partial charge in [0.05, 0.1) is 0 Å². The van der Waals surface area contributed by atoms with Gasteiger partial charge in [-0.3, -0.25) is 9.78 Å². The summed E-state index contributed by atoms with van der Waals surface area (Å²) in [6, 6.07) is 12.2. The lowest BCUT2D eigenvalue weighted by Crippen LogP contribution is -2.19. The summed E-state index contributed by atoms with van der Waals surface area (Å²) in [7, 11) is 0. The molecular formula is C26H30N8O. The van der Waals surface area contributed by atoms with Crippen LogP contribution in [0.1, 0.15) is 73.9 Å². The van der Waals surface area contributed by atoms with Crippen LogP contribution in [0.3, 0.4) is 0 Å². The van der Waals surface area contributed by atoms with Gasteiger partial charge < -0.3 is 0 Å². The molecule has 9 heteroatoms. The first-order valence-corrected chi connectivity index (χ1v) is 12.5. The molecule has 4 aromatic rings. The van der Waals surface area contributed by atoms with Crippen LogP contribution in [0.25, 0.3) is 22.6 Å². The van der Waals surface area contributed by atoms with Crippen LogP contribution in [0.4, 0.5) is 0 Å². The highest BCUT2D eigenvalue weighted by molar-refractivity contribution is 5.94. The number of ketones is 1. The van der Waals surface area contributed by atoms with E-state index in [1.54, 1.807) is 6.20 Å². The average Bonchev–Trinajstić information content (AvgIpc) is 3.59. The zero-order valence-corrected chi connectivity index (χ0v) is 20.0. The van der Waals surface area contributed by atoms with Gasteiger partial charge in [0.1, 0.15) is 11.5 Å². The Morgan fingerprint density at radius 3 is 2.69 bits per heavy atom. The average molecular weight is 471 g/mol. The number of hydrogen-bond acceptors (Lipinski definition) is 7. The van der Waals surface area contributed by atoms with Crippen molar-refractivity contribution in [3.8, 4) is 22.6 Å². The van der Waals surface area contributed by atoms with E-state index < -0.39 is 0 Å². The predicted molar refractivity (Wildman–Crippen MR) is 131 cm³/mol.